The molecule has 0 aromatic heterocycles. The van der Waals surface area contributed by atoms with Gasteiger partial charge in [-0.3, -0.25) is 4.79 Å². The van der Waals surface area contributed by atoms with E-state index < -0.39 is 86.8 Å². The monoisotopic (exact) mass is 990 g/mol. The molecule has 0 bridgehead atoms. The summed E-state index contributed by atoms with van der Waals surface area (Å²) in [5, 5.41) is 86.8. The lowest BCUT2D eigenvalue weighted by Crippen LogP contribution is -2.65. The van der Waals surface area contributed by atoms with E-state index in [0.717, 1.165) is 64.2 Å². The third-order valence-corrected chi connectivity index (χ3v) is 12.6. The number of allylic oxidation sites excluding steroid dienone is 13. The minimum atomic E-state index is -1.80. The zero-order valence-electron chi connectivity index (χ0n) is 42.7. The summed E-state index contributed by atoms with van der Waals surface area (Å²) in [5.41, 5.74) is 0. The van der Waals surface area contributed by atoms with Crippen LogP contribution in [0.25, 0.3) is 0 Å². The molecule has 9 N–H and O–H groups in total. The molecule has 14 heteroatoms. The van der Waals surface area contributed by atoms with E-state index in [0.29, 0.717) is 12.8 Å². The Kier molecular flexibility index (Phi) is 37.6. The Labute approximate surface area is 420 Å². The molecule has 2 aliphatic rings. The Balaban J connectivity index is 1.87. The van der Waals surface area contributed by atoms with Crippen LogP contribution in [0.5, 0.6) is 0 Å². The topological polar surface area (TPSA) is 228 Å². The minimum Gasteiger partial charge on any atom is -0.394 e. The standard InChI is InChI=1S/C56H95NO13/c1-3-5-7-9-11-13-15-17-19-21-22-24-26-28-30-32-34-36-38-40-48(61)57-44(45(60)39-37-35-33-31-29-27-25-23-20-18-16-14-12-10-8-6-4-2)43-67-55-53(66)51(64)54(47(42-59)69-55)70-56-52(65)50(63)49(62)46(41-58)68-56/h5,7,11,13,17,19,22,24,28-31,37,39,44-47,49-56,58-60,62-66H,3-4,6,8-10,12,14-16,18,20-21,23,25-27,32-36,38,40-43H2,1-2H3,(H,57,61)/b7-5-,13-11-,19-17-,24-22-,30-28-,31-29+,39-37+. The molecule has 12 atom stereocenters. The van der Waals surface area contributed by atoms with Crippen LogP contribution >= 0.6 is 0 Å². The van der Waals surface area contributed by atoms with E-state index in [1.165, 1.54) is 70.6 Å². The SMILES string of the molecule is CC/C=C\C/C=C\C/C=C\C/C=C\C/C=C\CCCCCC(=O)NC(COC1OC(CO)C(OC2OC(CO)C(O)C(O)C2O)C(O)C1O)C(O)/C=C/CC/C=C/CCCCCCCCCCCCC. The van der Waals surface area contributed by atoms with Crippen LogP contribution < -0.4 is 5.32 Å². The quantitative estimate of drug-likeness (QED) is 0.0212. The third kappa shape index (κ3) is 27.8. The maximum Gasteiger partial charge on any atom is 0.220 e. The Bertz CT molecular complexity index is 1500. The van der Waals surface area contributed by atoms with Gasteiger partial charge in [0, 0.05) is 6.42 Å². The van der Waals surface area contributed by atoms with E-state index in [9.17, 15) is 45.6 Å². The molecule has 12 unspecified atom stereocenters. The van der Waals surface area contributed by atoms with Crippen molar-refractivity contribution in [1.29, 1.82) is 0 Å². The first-order chi connectivity index (χ1) is 34.1. The molecule has 0 aromatic rings. The molecular formula is C56H95NO13. The number of carbonyl (C=O) groups is 1. The van der Waals surface area contributed by atoms with E-state index >= 15 is 0 Å². The zero-order valence-corrected chi connectivity index (χ0v) is 42.7. The molecule has 2 fully saturated rings. The second kappa shape index (κ2) is 41.6. The predicted octanol–water partition coefficient (Wildman–Crippen LogP) is 7.77. The molecule has 0 saturated carbocycles. The van der Waals surface area contributed by atoms with Gasteiger partial charge >= 0.3 is 0 Å². The number of amides is 1. The molecular weight excluding hydrogens is 895 g/mol. The highest BCUT2D eigenvalue weighted by molar-refractivity contribution is 5.76. The largest absolute Gasteiger partial charge is 0.394 e. The Hall–Kier alpha value is -2.83. The second-order valence-corrected chi connectivity index (χ2v) is 18.6. The fourth-order valence-electron chi connectivity index (χ4n) is 8.21. The summed E-state index contributed by atoms with van der Waals surface area (Å²) in [6.45, 7) is 2.62. The predicted molar refractivity (Wildman–Crippen MR) is 276 cm³/mol. The number of carbonyl (C=O) groups excluding carboxylic acids is 1. The lowest BCUT2D eigenvalue weighted by Gasteiger charge is -2.46. The highest BCUT2D eigenvalue weighted by atomic mass is 16.7. The molecule has 0 aromatic carbocycles. The lowest BCUT2D eigenvalue weighted by molar-refractivity contribution is -0.359. The number of hydrogen-bond acceptors (Lipinski definition) is 13. The Morgan fingerprint density at radius 1 is 0.529 bits per heavy atom. The summed E-state index contributed by atoms with van der Waals surface area (Å²) >= 11 is 0. The van der Waals surface area contributed by atoms with Gasteiger partial charge in [-0.1, -0.05) is 170 Å². The van der Waals surface area contributed by atoms with Crippen LogP contribution in [0.4, 0.5) is 0 Å². The molecule has 2 saturated heterocycles. The van der Waals surface area contributed by atoms with Crippen molar-refractivity contribution in [3.63, 3.8) is 0 Å². The van der Waals surface area contributed by atoms with Crippen LogP contribution in [0.15, 0.2) is 85.1 Å². The smallest absolute Gasteiger partial charge is 0.220 e. The van der Waals surface area contributed by atoms with Gasteiger partial charge in [0.15, 0.2) is 12.6 Å². The molecule has 402 valence electrons. The highest BCUT2D eigenvalue weighted by Crippen LogP contribution is 2.30. The van der Waals surface area contributed by atoms with Gasteiger partial charge in [0.05, 0.1) is 32.0 Å². The maximum absolute atomic E-state index is 13.2. The van der Waals surface area contributed by atoms with Crippen LogP contribution in [0.1, 0.15) is 168 Å². The van der Waals surface area contributed by atoms with Gasteiger partial charge in [-0.05, 0) is 77.0 Å². The fraction of sp³-hybridized carbons (Fsp3) is 0.732. The lowest BCUT2D eigenvalue weighted by atomic mass is 9.97. The van der Waals surface area contributed by atoms with Crippen molar-refractivity contribution in [1.82, 2.24) is 5.32 Å². The van der Waals surface area contributed by atoms with Crippen LogP contribution in [0, 0.1) is 0 Å². The normalized spacial score (nSPS) is 26.7. The summed E-state index contributed by atoms with van der Waals surface area (Å²) in [6.07, 6.45) is 37.6. The zero-order chi connectivity index (χ0) is 51.0. The molecule has 2 aliphatic heterocycles. The molecule has 2 rings (SSSR count). The molecule has 14 nitrogen and oxygen atoms in total. The highest BCUT2D eigenvalue weighted by Gasteiger charge is 2.51. The van der Waals surface area contributed by atoms with E-state index in [1.807, 2.05) is 6.08 Å². The summed E-state index contributed by atoms with van der Waals surface area (Å²) in [5.74, 6) is -0.285. The fourth-order valence-corrected chi connectivity index (χ4v) is 8.21. The van der Waals surface area contributed by atoms with Gasteiger partial charge in [-0.15, -0.1) is 0 Å². The van der Waals surface area contributed by atoms with Crippen molar-refractivity contribution in [2.75, 3.05) is 19.8 Å². The van der Waals surface area contributed by atoms with E-state index in [2.05, 4.69) is 92.1 Å². The van der Waals surface area contributed by atoms with Crippen LogP contribution in [0.3, 0.4) is 0 Å². The van der Waals surface area contributed by atoms with Gasteiger partial charge in [-0.25, -0.2) is 0 Å². The van der Waals surface area contributed by atoms with E-state index in [4.69, 9.17) is 18.9 Å². The Morgan fingerprint density at radius 2 is 1.00 bits per heavy atom. The Morgan fingerprint density at radius 3 is 1.57 bits per heavy atom. The van der Waals surface area contributed by atoms with Gasteiger partial charge in [-0.2, -0.15) is 0 Å². The number of ether oxygens (including phenoxy) is 4. The third-order valence-electron chi connectivity index (χ3n) is 12.6. The number of unbranched alkanes of at least 4 members (excludes halogenated alkanes) is 15. The van der Waals surface area contributed by atoms with Crippen molar-refractivity contribution in [3.8, 4) is 0 Å². The molecule has 0 radical (unpaired) electrons. The number of aliphatic hydroxyl groups excluding tert-OH is 8. The van der Waals surface area contributed by atoms with Crippen molar-refractivity contribution in [2.24, 2.45) is 0 Å². The van der Waals surface area contributed by atoms with Gasteiger partial charge in [0.2, 0.25) is 5.91 Å². The first-order valence-corrected chi connectivity index (χ1v) is 26.8. The van der Waals surface area contributed by atoms with Gasteiger partial charge in [0.1, 0.15) is 48.8 Å². The number of nitrogens with one attached hydrogen (secondary N) is 1. The van der Waals surface area contributed by atoms with E-state index in [-0.39, 0.29) is 18.9 Å². The van der Waals surface area contributed by atoms with Crippen molar-refractivity contribution in [3.05, 3.63) is 85.1 Å². The summed E-state index contributed by atoms with van der Waals surface area (Å²) in [4.78, 5) is 13.2. The van der Waals surface area contributed by atoms with Crippen molar-refractivity contribution >= 4 is 5.91 Å². The second-order valence-electron chi connectivity index (χ2n) is 18.6. The first kappa shape index (κ1) is 63.3. The molecule has 70 heavy (non-hydrogen) atoms. The molecule has 0 aliphatic carbocycles. The van der Waals surface area contributed by atoms with Gasteiger partial charge < -0.3 is 65.1 Å². The summed E-state index contributed by atoms with van der Waals surface area (Å²) in [7, 11) is 0. The van der Waals surface area contributed by atoms with Crippen LogP contribution in [0.2, 0.25) is 0 Å². The average Bonchev–Trinajstić information content (AvgIpc) is 3.36. The molecule has 0 spiro atoms. The average molecular weight is 990 g/mol. The number of rotatable bonds is 40. The van der Waals surface area contributed by atoms with Crippen LogP contribution in [-0.4, -0.2) is 140 Å². The molecule has 2 heterocycles. The minimum absolute atomic E-state index is 0.230. The first-order valence-electron chi connectivity index (χ1n) is 26.8. The van der Waals surface area contributed by atoms with Crippen molar-refractivity contribution < 1.29 is 64.6 Å². The van der Waals surface area contributed by atoms with Crippen LogP contribution in [-0.2, 0) is 23.7 Å². The number of aliphatic hydroxyl groups is 8. The van der Waals surface area contributed by atoms with E-state index in [1.54, 1.807) is 6.08 Å². The molecule has 1 amide bonds. The summed E-state index contributed by atoms with van der Waals surface area (Å²) < 4.78 is 22.7. The summed E-state index contributed by atoms with van der Waals surface area (Å²) in [6, 6.07) is -0.953. The van der Waals surface area contributed by atoms with Gasteiger partial charge in [0.25, 0.3) is 0 Å². The maximum atomic E-state index is 13.2. The van der Waals surface area contributed by atoms with Crippen molar-refractivity contribution in [2.45, 2.75) is 242 Å². The number of hydrogen-bond donors (Lipinski definition) is 9.